The van der Waals surface area contributed by atoms with E-state index in [4.69, 9.17) is 17.0 Å². The first-order valence-corrected chi connectivity index (χ1v) is 4.53. The van der Waals surface area contributed by atoms with Gasteiger partial charge in [0.1, 0.15) is 11.3 Å². The lowest BCUT2D eigenvalue weighted by molar-refractivity contribution is 0.399. The molecule has 2 rings (SSSR count). The van der Waals surface area contributed by atoms with Crippen LogP contribution in [0.25, 0.3) is 11.0 Å². The Morgan fingerprint density at radius 1 is 1.36 bits per heavy atom. The van der Waals surface area contributed by atoms with Gasteiger partial charge in [-0.2, -0.15) is 0 Å². The molecular formula is C9H9N3OS. The Kier molecular flexibility index (Phi) is 2.17. The zero-order chi connectivity index (χ0) is 10.1. The topological polar surface area (TPSA) is 50.8 Å². The smallest absolute Gasteiger partial charge is 0.213 e. The Labute approximate surface area is 86.0 Å². The molecule has 0 saturated carbocycles. The molecule has 4 nitrogen and oxygen atoms in total. The number of aryl methyl sites for hydroxylation is 1. The number of aromatic nitrogens is 3. The van der Waals surface area contributed by atoms with E-state index in [1.807, 2.05) is 13.0 Å². The summed E-state index contributed by atoms with van der Waals surface area (Å²) in [6.45, 7) is 1.86. The molecule has 0 aliphatic carbocycles. The second kappa shape index (κ2) is 3.34. The number of nitrogens with one attached hydrogen (secondary N) is 1. The van der Waals surface area contributed by atoms with Crippen LogP contribution in [0.1, 0.15) is 5.82 Å². The fraction of sp³-hybridized carbons (Fsp3) is 0.222. The molecule has 72 valence electrons. The minimum absolute atomic E-state index is 0.496. The van der Waals surface area contributed by atoms with Gasteiger partial charge in [-0.05, 0) is 13.0 Å². The van der Waals surface area contributed by atoms with Crippen molar-refractivity contribution in [1.29, 1.82) is 0 Å². The van der Waals surface area contributed by atoms with Gasteiger partial charge in [-0.1, -0.05) is 12.2 Å². The number of hydrogen-bond acceptors (Lipinski definition) is 4. The third kappa shape index (κ3) is 1.46. The van der Waals surface area contributed by atoms with Crippen LogP contribution in [0.3, 0.4) is 0 Å². The van der Waals surface area contributed by atoms with Crippen LogP contribution >= 0.6 is 12.2 Å². The molecule has 1 N–H and O–H groups in total. The van der Waals surface area contributed by atoms with Crippen molar-refractivity contribution in [2.24, 2.45) is 0 Å². The maximum absolute atomic E-state index is 5.10. The number of methoxy groups -OCH3 is 1. The SMILES string of the molecule is COc1ccc2[nH]c(C)nc(=S)c2n1. The first-order valence-electron chi connectivity index (χ1n) is 4.12. The molecule has 2 aromatic rings. The number of nitrogens with zero attached hydrogens (tertiary/aromatic N) is 2. The van der Waals surface area contributed by atoms with E-state index in [9.17, 15) is 0 Å². The van der Waals surface area contributed by atoms with E-state index in [1.54, 1.807) is 13.2 Å². The molecular weight excluding hydrogens is 198 g/mol. The maximum Gasteiger partial charge on any atom is 0.213 e. The number of aromatic amines is 1. The normalized spacial score (nSPS) is 10.4. The average Bonchev–Trinajstić information content (AvgIpc) is 2.17. The molecule has 0 fully saturated rings. The van der Waals surface area contributed by atoms with Gasteiger partial charge in [0.15, 0.2) is 4.64 Å². The van der Waals surface area contributed by atoms with Crippen molar-refractivity contribution >= 4 is 23.3 Å². The number of fused-ring (bicyclic) bond motifs is 1. The lowest BCUT2D eigenvalue weighted by atomic mass is 10.3. The molecule has 2 aromatic heterocycles. The highest BCUT2D eigenvalue weighted by Crippen LogP contribution is 2.14. The van der Waals surface area contributed by atoms with E-state index in [-0.39, 0.29) is 0 Å². The van der Waals surface area contributed by atoms with Crippen LogP contribution in [-0.4, -0.2) is 22.1 Å². The molecule has 0 unspecified atom stereocenters. The number of H-pyrrole nitrogens is 1. The number of rotatable bonds is 1. The summed E-state index contributed by atoms with van der Waals surface area (Å²) in [7, 11) is 1.57. The van der Waals surface area contributed by atoms with Gasteiger partial charge >= 0.3 is 0 Å². The number of hydrogen-bond donors (Lipinski definition) is 1. The van der Waals surface area contributed by atoms with Crippen molar-refractivity contribution < 1.29 is 4.74 Å². The summed E-state index contributed by atoms with van der Waals surface area (Å²) in [5.41, 5.74) is 1.55. The van der Waals surface area contributed by atoms with Crippen LogP contribution in [0.5, 0.6) is 5.88 Å². The van der Waals surface area contributed by atoms with Gasteiger partial charge in [0, 0.05) is 6.07 Å². The fourth-order valence-electron chi connectivity index (χ4n) is 1.25. The van der Waals surface area contributed by atoms with E-state index >= 15 is 0 Å². The van der Waals surface area contributed by atoms with E-state index in [2.05, 4.69) is 15.0 Å². The Morgan fingerprint density at radius 2 is 2.14 bits per heavy atom. The zero-order valence-electron chi connectivity index (χ0n) is 7.87. The van der Waals surface area contributed by atoms with E-state index in [1.165, 1.54) is 0 Å². The van der Waals surface area contributed by atoms with Crippen LogP contribution in [0.4, 0.5) is 0 Å². The van der Waals surface area contributed by atoms with Gasteiger partial charge in [0.25, 0.3) is 0 Å². The molecule has 5 heteroatoms. The minimum atomic E-state index is 0.496. The molecule has 0 bridgehead atoms. The molecule has 2 heterocycles. The third-order valence-corrected chi connectivity index (χ3v) is 2.15. The van der Waals surface area contributed by atoms with Crippen molar-refractivity contribution in [1.82, 2.24) is 15.0 Å². The summed E-state index contributed by atoms with van der Waals surface area (Å²) in [6, 6.07) is 3.67. The largest absolute Gasteiger partial charge is 0.481 e. The highest BCUT2D eigenvalue weighted by Gasteiger charge is 2.01. The third-order valence-electron chi connectivity index (χ3n) is 1.87. The molecule has 0 amide bonds. The van der Waals surface area contributed by atoms with E-state index in [0.29, 0.717) is 16.0 Å². The lowest BCUT2D eigenvalue weighted by Crippen LogP contribution is -1.94. The van der Waals surface area contributed by atoms with Gasteiger partial charge in [-0.25, -0.2) is 9.97 Å². The quantitative estimate of drug-likeness (QED) is 0.727. The second-order valence-corrected chi connectivity index (χ2v) is 3.26. The second-order valence-electron chi connectivity index (χ2n) is 2.88. The molecule has 0 spiro atoms. The highest BCUT2D eigenvalue weighted by atomic mass is 32.1. The van der Waals surface area contributed by atoms with Crippen LogP contribution in [0.15, 0.2) is 12.1 Å². The summed E-state index contributed by atoms with van der Waals surface area (Å²) >= 11 is 5.10. The van der Waals surface area contributed by atoms with Crippen LogP contribution in [0, 0.1) is 11.6 Å². The molecule has 0 atom stereocenters. The summed E-state index contributed by atoms with van der Waals surface area (Å²) in [6.07, 6.45) is 0. The van der Waals surface area contributed by atoms with Crippen LogP contribution in [-0.2, 0) is 0 Å². The molecule has 0 saturated heterocycles. The molecule has 0 radical (unpaired) electrons. The Morgan fingerprint density at radius 3 is 2.86 bits per heavy atom. The van der Waals surface area contributed by atoms with Gasteiger partial charge in [0.05, 0.1) is 12.6 Å². The fourth-order valence-corrected chi connectivity index (χ4v) is 1.54. The monoisotopic (exact) mass is 207 g/mol. The Balaban J connectivity index is 2.82. The summed E-state index contributed by atoms with van der Waals surface area (Å²) in [5.74, 6) is 1.33. The zero-order valence-corrected chi connectivity index (χ0v) is 8.68. The van der Waals surface area contributed by atoms with Crippen LogP contribution < -0.4 is 4.74 Å². The summed E-state index contributed by atoms with van der Waals surface area (Å²) in [4.78, 5) is 11.4. The van der Waals surface area contributed by atoms with Gasteiger partial charge in [0.2, 0.25) is 5.88 Å². The van der Waals surface area contributed by atoms with Crippen molar-refractivity contribution in [3.05, 3.63) is 22.6 Å². The number of pyridine rings is 1. The molecule has 0 aromatic carbocycles. The van der Waals surface area contributed by atoms with Crippen molar-refractivity contribution in [3.63, 3.8) is 0 Å². The maximum atomic E-state index is 5.10. The van der Waals surface area contributed by atoms with Crippen molar-refractivity contribution in [2.45, 2.75) is 6.92 Å². The minimum Gasteiger partial charge on any atom is -0.481 e. The van der Waals surface area contributed by atoms with E-state index in [0.717, 1.165) is 11.3 Å². The first kappa shape index (κ1) is 9.08. The molecule has 0 aliphatic rings. The number of ether oxygens (including phenoxy) is 1. The predicted octanol–water partition coefficient (Wildman–Crippen LogP) is 2.00. The van der Waals surface area contributed by atoms with Gasteiger partial charge in [-0.15, -0.1) is 0 Å². The Bertz CT molecular complexity index is 535. The molecule has 0 aliphatic heterocycles. The standard InChI is InChI=1S/C9H9N3OS/c1-5-10-6-3-4-7(13-2)12-8(6)9(14)11-5/h3-4H,1-2H3,(H,10,11,14). The Hall–Kier alpha value is -1.49. The lowest BCUT2D eigenvalue weighted by Gasteiger charge is -2.02. The predicted molar refractivity (Wildman–Crippen MR) is 56.0 cm³/mol. The van der Waals surface area contributed by atoms with Gasteiger partial charge in [-0.3, -0.25) is 0 Å². The first-order chi connectivity index (χ1) is 6.70. The summed E-state index contributed by atoms with van der Waals surface area (Å²) in [5, 5.41) is 0. The summed E-state index contributed by atoms with van der Waals surface area (Å²) < 4.78 is 5.50. The van der Waals surface area contributed by atoms with Crippen molar-refractivity contribution in [3.8, 4) is 5.88 Å². The van der Waals surface area contributed by atoms with E-state index < -0.39 is 0 Å². The van der Waals surface area contributed by atoms with Crippen LogP contribution in [0.2, 0.25) is 0 Å². The highest BCUT2D eigenvalue weighted by molar-refractivity contribution is 7.71. The van der Waals surface area contributed by atoms with Crippen molar-refractivity contribution in [2.75, 3.05) is 7.11 Å². The molecule has 14 heavy (non-hydrogen) atoms. The van der Waals surface area contributed by atoms with Gasteiger partial charge < -0.3 is 9.72 Å². The average molecular weight is 207 g/mol.